The molecule has 96 valence electrons. The quantitative estimate of drug-likeness (QED) is 0.896. The zero-order valence-electron chi connectivity index (χ0n) is 11.4. The molecule has 1 N–H and O–H groups in total. The summed E-state index contributed by atoms with van der Waals surface area (Å²) in [6.07, 6.45) is 2.65. The molecule has 1 atom stereocenters. The molecule has 18 heavy (non-hydrogen) atoms. The molecule has 0 saturated carbocycles. The van der Waals surface area contributed by atoms with Gasteiger partial charge in [0.2, 0.25) is 0 Å². The van der Waals surface area contributed by atoms with Crippen molar-refractivity contribution in [2.75, 3.05) is 5.32 Å². The fraction of sp³-hybridized carbons (Fsp3) is 0.500. The molecule has 0 amide bonds. The van der Waals surface area contributed by atoms with E-state index in [-0.39, 0.29) is 0 Å². The molecule has 0 spiro atoms. The molecule has 2 aromatic heterocycles. The van der Waals surface area contributed by atoms with Gasteiger partial charge in [-0.05, 0) is 38.3 Å². The maximum Gasteiger partial charge on any atom is 0.164 e. The number of nitrogens with one attached hydrogen (secondary N) is 1. The van der Waals surface area contributed by atoms with Crippen LogP contribution >= 0.6 is 0 Å². The van der Waals surface area contributed by atoms with E-state index in [1.165, 1.54) is 0 Å². The molecule has 0 fully saturated rings. The van der Waals surface area contributed by atoms with Gasteiger partial charge < -0.3 is 5.32 Å². The summed E-state index contributed by atoms with van der Waals surface area (Å²) in [7, 11) is 0. The predicted octanol–water partition coefficient (Wildman–Crippen LogP) is 3.36. The van der Waals surface area contributed by atoms with Crippen LogP contribution in [0.4, 0.5) is 5.82 Å². The topological polar surface area (TPSA) is 50.7 Å². The summed E-state index contributed by atoms with van der Waals surface area (Å²) in [4.78, 5) is 13.2. The van der Waals surface area contributed by atoms with Crippen molar-refractivity contribution in [1.29, 1.82) is 0 Å². The summed E-state index contributed by atoms with van der Waals surface area (Å²) < 4.78 is 0. The van der Waals surface area contributed by atoms with Gasteiger partial charge in [0.1, 0.15) is 12.1 Å². The lowest BCUT2D eigenvalue weighted by Crippen LogP contribution is -2.12. The Morgan fingerprint density at radius 3 is 2.61 bits per heavy atom. The van der Waals surface area contributed by atoms with Crippen LogP contribution in [0.1, 0.15) is 45.7 Å². The van der Waals surface area contributed by atoms with Crippen LogP contribution < -0.4 is 5.32 Å². The van der Waals surface area contributed by atoms with Crippen molar-refractivity contribution in [2.24, 2.45) is 0 Å². The van der Waals surface area contributed by atoms with Gasteiger partial charge >= 0.3 is 0 Å². The minimum atomic E-state index is 0.345. The average Bonchev–Trinajstić information content (AvgIpc) is 2.37. The maximum atomic E-state index is 4.62. The Kier molecular flexibility index (Phi) is 3.75. The monoisotopic (exact) mass is 244 g/mol. The Labute approximate surface area is 108 Å². The van der Waals surface area contributed by atoms with E-state index in [2.05, 4.69) is 60.1 Å². The summed E-state index contributed by atoms with van der Waals surface area (Å²) in [6, 6.07) is 4.48. The second kappa shape index (κ2) is 5.29. The van der Waals surface area contributed by atoms with Crippen molar-refractivity contribution in [3.63, 3.8) is 0 Å². The maximum absolute atomic E-state index is 4.62. The normalized spacial score (nSPS) is 12.9. The van der Waals surface area contributed by atoms with Crippen LogP contribution in [0.2, 0.25) is 0 Å². The molecule has 0 aromatic carbocycles. The van der Waals surface area contributed by atoms with Crippen molar-refractivity contribution >= 4 is 16.9 Å². The molecule has 4 nitrogen and oxygen atoms in total. The third-order valence-electron chi connectivity index (χ3n) is 3.06. The smallest absolute Gasteiger partial charge is 0.164 e. The van der Waals surface area contributed by atoms with Crippen molar-refractivity contribution in [2.45, 2.75) is 46.1 Å². The Balaban J connectivity index is 2.46. The van der Waals surface area contributed by atoms with E-state index in [4.69, 9.17) is 0 Å². The highest BCUT2D eigenvalue weighted by atomic mass is 15.0. The highest BCUT2D eigenvalue weighted by Gasteiger charge is 2.09. The second-order valence-electron chi connectivity index (χ2n) is 4.94. The number of fused-ring (bicyclic) bond motifs is 1. The van der Waals surface area contributed by atoms with E-state index in [1.54, 1.807) is 6.33 Å². The Morgan fingerprint density at radius 1 is 1.17 bits per heavy atom. The van der Waals surface area contributed by atoms with E-state index in [9.17, 15) is 0 Å². The first-order valence-corrected chi connectivity index (χ1v) is 6.50. The van der Waals surface area contributed by atoms with Crippen LogP contribution in [-0.4, -0.2) is 21.0 Å². The summed E-state index contributed by atoms with van der Waals surface area (Å²) in [5.74, 6) is 1.32. The first-order chi connectivity index (χ1) is 8.61. The molecule has 2 heterocycles. The standard InChI is InChI=1S/C14H20N4/c1-5-10(4)12-7-6-11-13(17-9(2)3)15-8-16-14(11)18-12/h6-10H,5H2,1-4H3,(H,15,16,17,18). The molecular formula is C14H20N4. The summed E-state index contributed by atoms with van der Waals surface area (Å²) in [5, 5.41) is 4.30. The molecule has 2 aromatic rings. The first kappa shape index (κ1) is 12.7. The van der Waals surface area contributed by atoms with Gasteiger partial charge in [-0.1, -0.05) is 13.8 Å². The third kappa shape index (κ3) is 2.58. The number of hydrogen-bond donors (Lipinski definition) is 1. The number of pyridine rings is 1. The van der Waals surface area contributed by atoms with Crippen molar-refractivity contribution in [1.82, 2.24) is 15.0 Å². The lowest BCUT2D eigenvalue weighted by molar-refractivity contribution is 0.711. The predicted molar refractivity (Wildman–Crippen MR) is 74.8 cm³/mol. The molecule has 4 heteroatoms. The Bertz CT molecular complexity index is 536. The van der Waals surface area contributed by atoms with Crippen molar-refractivity contribution < 1.29 is 0 Å². The Hall–Kier alpha value is -1.71. The number of hydrogen-bond acceptors (Lipinski definition) is 4. The molecular weight excluding hydrogens is 224 g/mol. The summed E-state index contributed by atoms with van der Waals surface area (Å²) in [6.45, 7) is 8.54. The van der Waals surface area contributed by atoms with Crippen LogP contribution in [0.15, 0.2) is 18.5 Å². The van der Waals surface area contributed by atoms with Gasteiger partial charge in [0.15, 0.2) is 5.65 Å². The van der Waals surface area contributed by atoms with Gasteiger partial charge in [-0.2, -0.15) is 0 Å². The minimum Gasteiger partial charge on any atom is -0.367 e. The van der Waals surface area contributed by atoms with Crippen LogP contribution in [0, 0.1) is 0 Å². The molecule has 0 aliphatic heterocycles. The minimum absolute atomic E-state index is 0.345. The van der Waals surface area contributed by atoms with Gasteiger partial charge in [0, 0.05) is 11.7 Å². The third-order valence-corrected chi connectivity index (χ3v) is 3.06. The fourth-order valence-corrected chi connectivity index (χ4v) is 1.83. The molecule has 0 bridgehead atoms. The van der Waals surface area contributed by atoms with Gasteiger partial charge in [0.25, 0.3) is 0 Å². The van der Waals surface area contributed by atoms with E-state index in [0.29, 0.717) is 12.0 Å². The second-order valence-corrected chi connectivity index (χ2v) is 4.94. The zero-order valence-corrected chi connectivity index (χ0v) is 11.4. The van der Waals surface area contributed by atoms with E-state index >= 15 is 0 Å². The fourth-order valence-electron chi connectivity index (χ4n) is 1.83. The molecule has 1 unspecified atom stereocenters. The van der Waals surface area contributed by atoms with Gasteiger partial charge in [-0.25, -0.2) is 15.0 Å². The largest absolute Gasteiger partial charge is 0.367 e. The molecule has 0 radical (unpaired) electrons. The number of anilines is 1. The van der Waals surface area contributed by atoms with Crippen LogP contribution in [0.3, 0.4) is 0 Å². The Morgan fingerprint density at radius 2 is 1.94 bits per heavy atom. The van der Waals surface area contributed by atoms with E-state index in [1.807, 2.05) is 0 Å². The first-order valence-electron chi connectivity index (χ1n) is 6.50. The van der Waals surface area contributed by atoms with Crippen molar-refractivity contribution in [3.8, 4) is 0 Å². The summed E-state index contributed by atoms with van der Waals surface area (Å²) in [5.41, 5.74) is 1.87. The number of aromatic nitrogens is 3. The SMILES string of the molecule is CCC(C)c1ccc2c(NC(C)C)ncnc2n1. The molecule has 0 aliphatic carbocycles. The molecule has 2 rings (SSSR count). The lowest BCUT2D eigenvalue weighted by atomic mass is 10.0. The van der Waals surface area contributed by atoms with Crippen LogP contribution in [0.5, 0.6) is 0 Å². The highest BCUT2D eigenvalue weighted by molar-refractivity contribution is 5.86. The molecule has 0 saturated heterocycles. The van der Waals surface area contributed by atoms with Gasteiger partial charge in [0.05, 0.1) is 5.39 Å². The van der Waals surface area contributed by atoms with Gasteiger partial charge in [-0.15, -0.1) is 0 Å². The number of rotatable bonds is 4. The van der Waals surface area contributed by atoms with Crippen LogP contribution in [0.25, 0.3) is 11.0 Å². The average molecular weight is 244 g/mol. The molecule has 0 aliphatic rings. The van der Waals surface area contributed by atoms with Crippen molar-refractivity contribution in [3.05, 3.63) is 24.2 Å². The summed E-state index contributed by atoms with van der Waals surface area (Å²) >= 11 is 0. The van der Waals surface area contributed by atoms with Crippen LogP contribution in [-0.2, 0) is 0 Å². The highest BCUT2D eigenvalue weighted by Crippen LogP contribution is 2.22. The lowest BCUT2D eigenvalue weighted by Gasteiger charge is -2.12. The van der Waals surface area contributed by atoms with E-state index < -0.39 is 0 Å². The zero-order chi connectivity index (χ0) is 13.1. The van der Waals surface area contributed by atoms with E-state index in [0.717, 1.165) is 29.0 Å². The van der Waals surface area contributed by atoms with Gasteiger partial charge in [-0.3, -0.25) is 0 Å². The number of nitrogens with zero attached hydrogens (tertiary/aromatic N) is 3.